The van der Waals surface area contributed by atoms with E-state index in [1.807, 2.05) is 26.0 Å². The van der Waals surface area contributed by atoms with Crippen LogP contribution in [0.5, 0.6) is 0 Å². The van der Waals surface area contributed by atoms with Gasteiger partial charge in [-0.15, -0.1) is 0 Å². The Balaban J connectivity index is 2.10. The zero-order valence-electron chi connectivity index (χ0n) is 13.5. The average Bonchev–Trinajstić information content (AvgIpc) is 2.54. The first kappa shape index (κ1) is 18.8. The van der Waals surface area contributed by atoms with Crippen molar-refractivity contribution in [3.63, 3.8) is 0 Å². The number of anilines is 1. The van der Waals surface area contributed by atoms with Crippen molar-refractivity contribution in [1.29, 1.82) is 0 Å². The number of aromatic nitrogens is 2. The first-order valence-electron chi connectivity index (χ1n) is 7.31. The molecule has 2 rings (SSSR count). The number of hydrogen-bond acceptors (Lipinski definition) is 3. The molecule has 0 aliphatic carbocycles. The van der Waals surface area contributed by atoms with Crippen molar-refractivity contribution < 1.29 is 13.2 Å². The van der Waals surface area contributed by atoms with Gasteiger partial charge in [-0.2, -0.15) is 13.2 Å². The van der Waals surface area contributed by atoms with E-state index in [1.54, 1.807) is 6.20 Å². The second-order valence-corrected chi connectivity index (χ2v) is 5.87. The van der Waals surface area contributed by atoms with Crippen LogP contribution in [0.1, 0.15) is 36.6 Å². The van der Waals surface area contributed by atoms with E-state index in [0.717, 1.165) is 11.6 Å². The Morgan fingerprint density at radius 3 is 2.52 bits per heavy atom. The number of aliphatic imine (C=N–C) groups is 1. The van der Waals surface area contributed by atoms with Crippen LogP contribution < -0.4 is 11.1 Å². The van der Waals surface area contributed by atoms with Gasteiger partial charge in [0, 0.05) is 12.4 Å². The number of nitrogens with two attached hydrogens (primary N) is 1. The van der Waals surface area contributed by atoms with E-state index >= 15 is 0 Å². The summed E-state index contributed by atoms with van der Waals surface area (Å²) in [6.07, 6.45) is -2.10. The summed E-state index contributed by atoms with van der Waals surface area (Å²) in [6, 6.07) is 5.75. The number of nitrogens with one attached hydrogen (secondary N) is 1. The molecule has 0 spiro atoms. The lowest BCUT2D eigenvalue weighted by Gasteiger charge is -2.09. The van der Waals surface area contributed by atoms with Gasteiger partial charge in [-0.05, 0) is 48.0 Å². The summed E-state index contributed by atoms with van der Waals surface area (Å²) in [5, 5.41) is 2.59. The molecule has 0 aliphatic heterocycles. The van der Waals surface area contributed by atoms with Crippen molar-refractivity contribution in [1.82, 2.24) is 9.97 Å². The molecule has 2 heterocycles. The van der Waals surface area contributed by atoms with Crippen LogP contribution in [-0.2, 0) is 6.18 Å². The molecule has 0 aromatic carbocycles. The molecule has 0 saturated carbocycles. The van der Waals surface area contributed by atoms with Gasteiger partial charge < -0.3 is 11.1 Å². The highest BCUT2D eigenvalue weighted by atomic mass is 32.1. The molecule has 0 fully saturated rings. The number of thiocarbonyl (C=S) groups is 1. The van der Waals surface area contributed by atoms with E-state index in [2.05, 4.69) is 20.3 Å². The predicted octanol–water partition coefficient (Wildman–Crippen LogP) is 3.72. The van der Waals surface area contributed by atoms with E-state index in [4.69, 9.17) is 18.0 Å². The maximum absolute atomic E-state index is 12.5. The second kappa shape index (κ2) is 7.56. The number of halogens is 3. The van der Waals surface area contributed by atoms with Crippen LogP contribution in [0.3, 0.4) is 0 Å². The minimum atomic E-state index is -4.44. The van der Waals surface area contributed by atoms with Crippen LogP contribution in [0, 0.1) is 0 Å². The fraction of sp³-hybridized carbons (Fsp3) is 0.250. The average molecular weight is 367 g/mol. The molecule has 0 aliphatic rings. The van der Waals surface area contributed by atoms with Crippen molar-refractivity contribution in [2.45, 2.75) is 25.9 Å². The molecule has 0 saturated heterocycles. The molecule has 0 amide bonds. The van der Waals surface area contributed by atoms with Gasteiger partial charge in [-0.1, -0.05) is 13.8 Å². The van der Waals surface area contributed by atoms with Crippen molar-refractivity contribution in [2.75, 3.05) is 5.32 Å². The minimum Gasteiger partial charge on any atom is -0.382 e. The Kier molecular flexibility index (Phi) is 5.68. The number of nitrogens with zero attached hydrogens (tertiary/aromatic N) is 3. The lowest BCUT2D eigenvalue weighted by molar-refractivity contribution is -0.137. The SMILES string of the molecule is CC(C)c1ccnc(C(N)=NC(=S)Nc2ccc(C(F)(F)F)cn2)c1. The molecule has 0 atom stereocenters. The van der Waals surface area contributed by atoms with Gasteiger partial charge >= 0.3 is 6.18 Å². The minimum absolute atomic E-state index is 0.0264. The molecule has 0 radical (unpaired) electrons. The highest BCUT2D eigenvalue weighted by Crippen LogP contribution is 2.28. The highest BCUT2D eigenvalue weighted by Gasteiger charge is 2.30. The van der Waals surface area contributed by atoms with Gasteiger partial charge in [0.1, 0.15) is 11.5 Å². The Morgan fingerprint density at radius 2 is 1.96 bits per heavy atom. The summed E-state index contributed by atoms with van der Waals surface area (Å²) < 4.78 is 37.5. The molecule has 0 unspecified atom stereocenters. The van der Waals surface area contributed by atoms with Gasteiger partial charge in [0.05, 0.1) is 5.56 Å². The second-order valence-electron chi connectivity index (χ2n) is 5.49. The summed E-state index contributed by atoms with van der Waals surface area (Å²) in [7, 11) is 0. The standard InChI is InChI=1S/C16H16F3N5S/c1-9(2)10-5-6-21-12(7-10)14(20)24-15(25)23-13-4-3-11(8-22-13)16(17,18)19/h3-9H,1-2H3,(H3,20,22,23,24,25). The van der Waals surface area contributed by atoms with E-state index in [1.165, 1.54) is 6.07 Å². The van der Waals surface area contributed by atoms with Gasteiger partial charge in [0.25, 0.3) is 0 Å². The maximum atomic E-state index is 12.5. The van der Waals surface area contributed by atoms with Crippen LogP contribution in [0.25, 0.3) is 0 Å². The molecule has 132 valence electrons. The van der Waals surface area contributed by atoms with Gasteiger partial charge in [0.15, 0.2) is 10.9 Å². The van der Waals surface area contributed by atoms with Crippen LogP contribution >= 0.6 is 12.2 Å². The quantitative estimate of drug-likeness (QED) is 0.491. The van der Waals surface area contributed by atoms with Crippen LogP contribution in [0.4, 0.5) is 19.0 Å². The first-order valence-corrected chi connectivity index (χ1v) is 7.72. The number of rotatable bonds is 3. The Bertz CT molecular complexity index is 785. The van der Waals surface area contributed by atoms with Crippen molar-refractivity contribution in [2.24, 2.45) is 10.7 Å². The zero-order chi connectivity index (χ0) is 18.6. The summed E-state index contributed by atoms with van der Waals surface area (Å²) in [5.41, 5.74) is 6.56. The van der Waals surface area contributed by atoms with Gasteiger partial charge in [-0.3, -0.25) is 4.98 Å². The van der Waals surface area contributed by atoms with E-state index in [-0.39, 0.29) is 16.8 Å². The van der Waals surface area contributed by atoms with Gasteiger partial charge in [-0.25, -0.2) is 9.98 Å². The fourth-order valence-electron chi connectivity index (χ4n) is 1.89. The summed E-state index contributed by atoms with van der Waals surface area (Å²) >= 11 is 5.03. The lowest BCUT2D eigenvalue weighted by Crippen LogP contribution is -2.20. The number of pyridine rings is 2. The van der Waals surface area contributed by atoms with Crippen molar-refractivity contribution in [3.05, 3.63) is 53.5 Å². The van der Waals surface area contributed by atoms with E-state index < -0.39 is 11.7 Å². The maximum Gasteiger partial charge on any atom is 0.417 e. The Hall–Kier alpha value is -2.55. The monoisotopic (exact) mass is 367 g/mol. The predicted molar refractivity (Wildman–Crippen MR) is 94.5 cm³/mol. The summed E-state index contributed by atoms with van der Waals surface area (Å²) in [4.78, 5) is 11.8. The zero-order valence-corrected chi connectivity index (χ0v) is 14.3. The van der Waals surface area contributed by atoms with Crippen molar-refractivity contribution >= 4 is 29.0 Å². The third-order valence-electron chi connectivity index (χ3n) is 3.26. The fourth-order valence-corrected chi connectivity index (χ4v) is 2.09. The molecule has 9 heteroatoms. The van der Waals surface area contributed by atoms with Crippen LogP contribution in [0.2, 0.25) is 0 Å². The number of alkyl halides is 3. The van der Waals surface area contributed by atoms with E-state index in [9.17, 15) is 13.2 Å². The Labute approximate surface area is 148 Å². The third kappa shape index (κ3) is 5.21. The third-order valence-corrected chi connectivity index (χ3v) is 3.45. The van der Waals surface area contributed by atoms with Crippen LogP contribution in [0.15, 0.2) is 41.7 Å². The largest absolute Gasteiger partial charge is 0.417 e. The summed E-state index contributed by atoms with van der Waals surface area (Å²) in [6.45, 7) is 4.07. The molecule has 5 nitrogen and oxygen atoms in total. The van der Waals surface area contributed by atoms with Crippen LogP contribution in [-0.4, -0.2) is 20.9 Å². The number of hydrogen-bond donors (Lipinski definition) is 2. The molecule has 2 aromatic rings. The summed E-state index contributed by atoms with van der Waals surface area (Å²) in [5.74, 6) is 0.543. The first-order chi connectivity index (χ1) is 11.7. The molecule has 0 bridgehead atoms. The lowest BCUT2D eigenvalue weighted by atomic mass is 10.0. The molecule has 3 N–H and O–H groups in total. The highest BCUT2D eigenvalue weighted by molar-refractivity contribution is 7.80. The molecule has 25 heavy (non-hydrogen) atoms. The molecular formula is C16H16F3N5S. The molecular weight excluding hydrogens is 351 g/mol. The van der Waals surface area contributed by atoms with E-state index in [0.29, 0.717) is 17.8 Å². The number of amidine groups is 1. The topological polar surface area (TPSA) is 76.2 Å². The van der Waals surface area contributed by atoms with Gasteiger partial charge in [0.2, 0.25) is 0 Å². The van der Waals surface area contributed by atoms with Crippen molar-refractivity contribution in [3.8, 4) is 0 Å². The Morgan fingerprint density at radius 1 is 1.24 bits per heavy atom. The normalized spacial score (nSPS) is 12.3. The smallest absolute Gasteiger partial charge is 0.382 e. The molecule has 2 aromatic heterocycles.